The minimum Gasteiger partial charge on any atom is -0.450 e. The van der Waals surface area contributed by atoms with Crippen molar-refractivity contribution in [3.63, 3.8) is 0 Å². The SMILES string of the molecule is CCOC(=O)N[C@H](CNC(=O)c1ccc(CC)s1)CC(C)C. The third-order valence-corrected chi connectivity index (χ3v) is 4.32. The maximum atomic E-state index is 12.1. The van der Waals surface area contributed by atoms with Crippen LogP contribution in [0.25, 0.3) is 0 Å². The summed E-state index contributed by atoms with van der Waals surface area (Å²) in [6, 6.07) is 3.69. The lowest BCUT2D eigenvalue weighted by Crippen LogP contribution is -2.44. The van der Waals surface area contributed by atoms with E-state index in [4.69, 9.17) is 4.74 Å². The Kier molecular flexibility index (Phi) is 7.95. The van der Waals surface area contributed by atoms with Crippen molar-refractivity contribution in [3.8, 4) is 0 Å². The van der Waals surface area contributed by atoms with Crippen molar-refractivity contribution in [3.05, 3.63) is 21.9 Å². The molecule has 0 bridgehead atoms. The number of aryl methyl sites for hydroxylation is 1. The van der Waals surface area contributed by atoms with Gasteiger partial charge in [0.2, 0.25) is 0 Å². The summed E-state index contributed by atoms with van der Waals surface area (Å²) < 4.78 is 4.90. The quantitative estimate of drug-likeness (QED) is 0.771. The highest BCUT2D eigenvalue weighted by atomic mass is 32.1. The summed E-state index contributed by atoms with van der Waals surface area (Å²) in [6.45, 7) is 8.72. The van der Waals surface area contributed by atoms with Gasteiger partial charge in [-0.3, -0.25) is 4.79 Å². The number of carbonyl (C=O) groups is 2. The molecule has 124 valence electrons. The van der Waals surface area contributed by atoms with E-state index in [1.165, 1.54) is 16.2 Å². The van der Waals surface area contributed by atoms with Crippen molar-refractivity contribution >= 4 is 23.3 Å². The molecular formula is C16H26N2O3S. The second-order valence-corrected chi connectivity index (χ2v) is 6.69. The number of ether oxygens (including phenoxy) is 1. The van der Waals surface area contributed by atoms with Gasteiger partial charge in [-0.25, -0.2) is 4.79 Å². The molecule has 0 aliphatic heterocycles. The molecule has 1 heterocycles. The van der Waals surface area contributed by atoms with Gasteiger partial charge in [0.15, 0.2) is 0 Å². The van der Waals surface area contributed by atoms with Gasteiger partial charge in [0, 0.05) is 17.5 Å². The van der Waals surface area contributed by atoms with Crippen LogP contribution in [0.1, 0.15) is 48.7 Å². The van der Waals surface area contributed by atoms with Crippen LogP contribution in [-0.4, -0.2) is 31.2 Å². The summed E-state index contributed by atoms with van der Waals surface area (Å²) >= 11 is 1.50. The van der Waals surface area contributed by atoms with E-state index < -0.39 is 6.09 Å². The highest BCUT2D eigenvalue weighted by Gasteiger charge is 2.17. The lowest BCUT2D eigenvalue weighted by Gasteiger charge is -2.20. The van der Waals surface area contributed by atoms with Gasteiger partial charge in [0.25, 0.3) is 5.91 Å². The fourth-order valence-electron chi connectivity index (χ4n) is 2.09. The Bertz CT molecular complexity index is 485. The third-order valence-electron chi connectivity index (χ3n) is 3.10. The van der Waals surface area contributed by atoms with Crippen LogP contribution in [0.2, 0.25) is 0 Å². The molecule has 0 fully saturated rings. The summed E-state index contributed by atoms with van der Waals surface area (Å²) in [6.07, 6.45) is 1.27. The van der Waals surface area contributed by atoms with E-state index in [1.54, 1.807) is 6.92 Å². The first kappa shape index (κ1) is 18.5. The molecule has 5 nitrogen and oxygen atoms in total. The predicted octanol–water partition coefficient (Wildman–Crippen LogP) is 3.20. The van der Waals surface area contributed by atoms with E-state index in [9.17, 15) is 9.59 Å². The van der Waals surface area contributed by atoms with Crippen LogP contribution < -0.4 is 10.6 Å². The molecule has 0 aliphatic carbocycles. The first-order valence-electron chi connectivity index (χ1n) is 7.76. The first-order valence-corrected chi connectivity index (χ1v) is 8.58. The Morgan fingerprint density at radius 3 is 2.55 bits per heavy atom. The van der Waals surface area contributed by atoms with E-state index in [0.29, 0.717) is 23.9 Å². The molecule has 22 heavy (non-hydrogen) atoms. The van der Waals surface area contributed by atoms with Crippen molar-refractivity contribution < 1.29 is 14.3 Å². The summed E-state index contributed by atoms with van der Waals surface area (Å²) in [5, 5.41) is 5.69. The second kappa shape index (κ2) is 9.46. The molecule has 1 aromatic rings. The summed E-state index contributed by atoms with van der Waals surface area (Å²) in [7, 11) is 0. The summed E-state index contributed by atoms with van der Waals surface area (Å²) in [5.41, 5.74) is 0. The maximum Gasteiger partial charge on any atom is 0.407 e. The van der Waals surface area contributed by atoms with Crippen LogP contribution >= 0.6 is 11.3 Å². The van der Waals surface area contributed by atoms with Gasteiger partial charge in [0.05, 0.1) is 11.5 Å². The third kappa shape index (κ3) is 6.47. The zero-order valence-electron chi connectivity index (χ0n) is 13.8. The highest BCUT2D eigenvalue weighted by molar-refractivity contribution is 7.14. The van der Waals surface area contributed by atoms with E-state index in [1.807, 2.05) is 12.1 Å². The molecule has 2 N–H and O–H groups in total. The topological polar surface area (TPSA) is 67.4 Å². The number of hydrogen-bond donors (Lipinski definition) is 2. The van der Waals surface area contributed by atoms with Crippen molar-refractivity contribution in [2.75, 3.05) is 13.2 Å². The minimum absolute atomic E-state index is 0.0934. The standard InChI is InChI=1S/C16H26N2O3S/c1-5-13-7-8-14(22-13)15(19)17-10-12(9-11(3)4)18-16(20)21-6-2/h7-8,11-12H,5-6,9-10H2,1-4H3,(H,17,19)(H,18,20)/t12-/m0/s1. The van der Waals surface area contributed by atoms with Crippen molar-refractivity contribution in [1.82, 2.24) is 10.6 Å². The average molecular weight is 326 g/mol. The Hall–Kier alpha value is -1.56. The smallest absolute Gasteiger partial charge is 0.407 e. The van der Waals surface area contributed by atoms with Crippen LogP contribution in [0.5, 0.6) is 0 Å². The fourth-order valence-corrected chi connectivity index (χ4v) is 2.96. The van der Waals surface area contributed by atoms with Crippen LogP contribution in [-0.2, 0) is 11.2 Å². The summed E-state index contributed by atoms with van der Waals surface area (Å²) in [5.74, 6) is 0.321. The van der Waals surface area contributed by atoms with E-state index in [0.717, 1.165) is 12.8 Å². The monoisotopic (exact) mass is 326 g/mol. The van der Waals surface area contributed by atoms with Gasteiger partial charge >= 0.3 is 6.09 Å². The van der Waals surface area contributed by atoms with Gasteiger partial charge in [-0.2, -0.15) is 0 Å². The largest absolute Gasteiger partial charge is 0.450 e. The molecule has 0 aromatic carbocycles. The van der Waals surface area contributed by atoms with Crippen molar-refractivity contribution in [2.45, 2.75) is 46.6 Å². The number of alkyl carbamates (subject to hydrolysis) is 1. The second-order valence-electron chi connectivity index (χ2n) is 5.52. The molecule has 0 saturated carbocycles. The molecule has 2 amide bonds. The van der Waals surface area contributed by atoms with Crippen LogP contribution in [0, 0.1) is 5.92 Å². The lowest BCUT2D eigenvalue weighted by molar-refractivity contribution is 0.0948. The Morgan fingerprint density at radius 1 is 1.27 bits per heavy atom. The predicted molar refractivity (Wildman–Crippen MR) is 89.4 cm³/mol. The minimum atomic E-state index is -0.438. The molecule has 1 aromatic heterocycles. The average Bonchev–Trinajstić information content (AvgIpc) is 2.93. The molecule has 0 spiro atoms. The zero-order valence-corrected chi connectivity index (χ0v) is 14.6. The van der Waals surface area contributed by atoms with E-state index >= 15 is 0 Å². The van der Waals surface area contributed by atoms with Gasteiger partial charge in [0.1, 0.15) is 0 Å². The molecule has 0 saturated heterocycles. The normalized spacial score (nSPS) is 12.0. The summed E-state index contributed by atoms with van der Waals surface area (Å²) in [4.78, 5) is 25.6. The Labute approximate surface area is 136 Å². The zero-order chi connectivity index (χ0) is 16.5. The van der Waals surface area contributed by atoms with Crippen LogP contribution in [0.4, 0.5) is 4.79 Å². The lowest BCUT2D eigenvalue weighted by atomic mass is 10.0. The Balaban J connectivity index is 2.54. The van der Waals surface area contributed by atoms with Gasteiger partial charge in [-0.05, 0) is 37.8 Å². The number of carbonyl (C=O) groups excluding carboxylic acids is 2. The molecule has 0 unspecified atom stereocenters. The molecule has 0 radical (unpaired) electrons. The highest BCUT2D eigenvalue weighted by Crippen LogP contribution is 2.16. The molecular weight excluding hydrogens is 300 g/mol. The van der Waals surface area contributed by atoms with E-state index in [-0.39, 0.29) is 11.9 Å². The molecule has 0 aliphatic rings. The molecule has 1 rings (SSSR count). The van der Waals surface area contributed by atoms with Crippen molar-refractivity contribution in [2.24, 2.45) is 5.92 Å². The molecule has 6 heteroatoms. The van der Waals surface area contributed by atoms with Gasteiger partial charge in [-0.15, -0.1) is 11.3 Å². The van der Waals surface area contributed by atoms with Crippen LogP contribution in [0.15, 0.2) is 12.1 Å². The number of thiophene rings is 1. The molecule has 1 atom stereocenters. The fraction of sp³-hybridized carbons (Fsp3) is 0.625. The van der Waals surface area contributed by atoms with E-state index in [2.05, 4.69) is 31.4 Å². The number of nitrogens with one attached hydrogen (secondary N) is 2. The number of rotatable bonds is 8. The Morgan fingerprint density at radius 2 is 2.00 bits per heavy atom. The number of hydrogen-bond acceptors (Lipinski definition) is 4. The van der Waals surface area contributed by atoms with Crippen LogP contribution in [0.3, 0.4) is 0 Å². The first-order chi connectivity index (χ1) is 10.5. The van der Waals surface area contributed by atoms with Crippen molar-refractivity contribution in [1.29, 1.82) is 0 Å². The van der Waals surface area contributed by atoms with Gasteiger partial charge < -0.3 is 15.4 Å². The maximum absolute atomic E-state index is 12.1. The van der Waals surface area contributed by atoms with Gasteiger partial charge in [-0.1, -0.05) is 20.8 Å². The number of amides is 2.